The van der Waals surface area contributed by atoms with Crippen LogP contribution >= 0.6 is 23.2 Å². The van der Waals surface area contributed by atoms with E-state index < -0.39 is 0 Å². The maximum absolute atomic E-state index is 11.9. The molecule has 0 aliphatic rings. The molecule has 1 amide bonds. The Balaban J connectivity index is 1.72. The Kier molecular flexibility index (Phi) is 7.41. The highest BCUT2D eigenvalue weighted by molar-refractivity contribution is 6.42. The highest BCUT2D eigenvalue weighted by Crippen LogP contribution is 2.25. The van der Waals surface area contributed by atoms with E-state index >= 15 is 0 Å². The molecule has 1 N–H and O–H groups in total. The number of benzene rings is 2. The molecule has 0 bridgehead atoms. The van der Waals surface area contributed by atoms with Gasteiger partial charge in [0.05, 0.1) is 16.7 Å². The molecule has 0 saturated heterocycles. The number of hydrogen-bond acceptors (Lipinski definition) is 2. The number of ether oxygens (including phenoxy) is 1. The fourth-order valence-corrected chi connectivity index (χ4v) is 2.76. The first-order valence-corrected chi connectivity index (χ1v) is 8.77. The number of hydrogen-bond donors (Lipinski definition) is 1. The van der Waals surface area contributed by atoms with Crippen LogP contribution in [0.15, 0.2) is 42.5 Å². The quantitative estimate of drug-likeness (QED) is 0.737. The maximum atomic E-state index is 11.9. The summed E-state index contributed by atoms with van der Waals surface area (Å²) in [5.41, 5.74) is 2.06. The second-order valence-electron chi connectivity index (χ2n) is 5.39. The van der Waals surface area contributed by atoms with Crippen molar-refractivity contribution in [2.45, 2.75) is 26.2 Å². The van der Waals surface area contributed by atoms with Gasteiger partial charge in [0.25, 0.3) is 0 Å². The van der Waals surface area contributed by atoms with Gasteiger partial charge in [-0.25, -0.2) is 0 Å². The first-order chi connectivity index (χ1) is 11.6. The molecule has 0 atom stereocenters. The Morgan fingerprint density at radius 1 is 1.08 bits per heavy atom. The summed E-state index contributed by atoms with van der Waals surface area (Å²) in [6.45, 7) is 3.15. The standard InChI is InChI=1S/C19H21Cl2NO2/c1-2-24-16-9-6-14(7-10-16)8-11-18(23)22-13-12-15-4-3-5-17(20)19(15)21/h3-7,9-10H,2,8,11-13H2,1H3,(H,22,23). The van der Waals surface area contributed by atoms with Crippen molar-refractivity contribution in [1.29, 1.82) is 0 Å². The molecule has 2 aromatic rings. The molecule has 0 spiro atoms. The number of nitrogens with one attached hydrogen (secondary N) is 1. The zero-order chi connectivity index (χ0) is 17.4. The van der Waals surface area contributed by atoms with Gasteiger partial charge in [-0.1, -0.05) is 47.5 Å². The van der Waals surface area contributed by atoms with Gasteiger partial charge in [0.1, 0.15) is 5.75 Å². The summed E-state index contributed by atoms with van der Waals surface area (Å²) < 4.78 is 5.40. The zero-order valence-corrected chi connectivity index (χ0v) is 15.2. The van der Waals surface area contributed by atoms with Gasteiger partial charge >= 0.3 is 0 Å². The number of carbonyl (C=O) groups excluding carboxylic acids is 1. The van der Waals surface area contributed by atoms with Gasteiger partial charge < -0.3 is 10.1 Å². The van der Waals surface area contributed by atoms with Crippen LogP contribution in [0, 0.1) is 0 Å². The summed E-state index contributed by atoms with van der Waals surface area (Å²) >= 11 is 12.1. The van der Waals surface area contributed by atoms with E-state index in [2.05, 4.69) is 5.32 Å². The smallest absolute Gasteiger partial charge is 0.220 e. The summed E-state index contributed by atoms with van der Waals surface area (Å²) in [5, 5.41) is 4.01. The van der Waals surface area contributed by atoms with Crippen LogP contribution in [0.2, 0.25) is 10.0 Å². The second kappa shape index (κ2) is 9.55. The predicted molar refractivity (Wildman–Crippen MR) is 99.1 cm³/mol. The van der Waals surface area contributed by atoms with Crippen molar-refractivity contribution in [2.24, 2.45) is 0 Å². The lowest BCUT2D eigenvalue weighted by Crippen LogP contribution is -2.25. The summed E-state index contributed by atoms with van der Waals surface area (Å²) in [4.78, 5) is 11.9. The van der Waals surface area contributed by atoms with E-state index in [1.165, 1.54) is 0 Å². The van der Waals surface area contributed by atoms with Crippen LogP contribution in [0.1, 0.15) is 24.5 Å². The van der Waals surface area contributed by atoms with Crippen LogP contribution in [0.5, 0.6) is 5.75 Å². The monoisotopic (exact) mass is 365 g/mol. The van der Waals surface area contributed by atoms with Crippen LogP contribution in [0.25, 0.3) is 0 Å². The number of aryl methyl sites for hydroxylation is 1. The fraction of sp³-hybridized carbons (Fsp3) is 0.316. The third-order valence-corrected chi connectivity index (χ3v) is 4.48. The molecule has 3 nitrogen and oxygen atoms in total. The Morgan fingerprint density at radius 3 is 2.54 bits per heavy atom. The minimum Gasteiger partial charge on any atom is -0.494 e. The lowest BCUT2D eigenvalue weighted by molar-refractivity contribution is -0.121. The minimum absolute atomic E-state index is 0.0297. The first kappa shape index (κ1) is 18.6. The molecule has 0 aromatic heterocycles. The lowest BCUT2D eigenvalue weighted by Gasteiger charge is -2.08. The molecule has 2 rings (SSSR count). The maximum Gasteiger partial charge on any atom is 0.220 e. The molecule has 128 valence electrons. The lowest BCUT2D eigenvalue weighted by atomic mass is 10.1. The van der Waals surface area contributed by atoms with Crippen LogP contribution in [0.3, 0.4) is 0 Å². The molecule has 0 aliphatic heterocycles. The van der Waals surface area contributed by atoms with Gasteiger partial charge in [0.2, 0.25) is 5.91 Å². The molecule has 0 saturated carbocycles. The van der Waals surface area contributed by atoms with E-state index in [0.717, 1.165) is 16.9 Å². The van der Waals surface area contributed by atoms with Crippen LogP contribution in [0.4, 0.5) is 0 Å². The van der Waals surface area contributed by atoms with Crippen LogP contribution < -0.4 is 10.1 Å². The van der Waals surface area contributed by atoms with Gasteiger partial charge in [-0.15, -0.1) is 0 Å². The largest absolute Gasteiger partial charge is 0.494 e. The van der Waals surface area contributed by atoms with Gasteiger partial charge in [-0.2, -0.15) is 0 Å². The Labute approximate surface area is 152 Å². The van der Waals surface area contributed by atoms with Crippen LogP contribution in [-0.2, 0) is 17.6 Å². The van der Waals surface area contributed by atoms with Crippen molar-refractivity contribution in [2.75, 3.05) is 13.2 Å². The van der Waals surface area contributed by atoms with Gasteiger partial charge in [0, 0.05) is 13.0 Å². The SMILES string of the molecule is CCOc1ccc(CCC(=O)NCCc2cccc(Cl)c2Cl)cc1. The number of rotatable bonds is 8. The average molecular weight is 366 g/mol. The molecule has 0 radical (unpaired) electrons. The average Bonchev–Trinajstić information content (AvgIpc) is 2.58. The molecule has 5 heteroatoms. The third-order valence-electron chi connectivity index (χ3n) is 3.62. The summed E-state index contributed by atoms with van der Waals surface area (Å²) in [5.74, 6) is 0.881. The zero-order valence-electron chi connectivity index (χ0n) is 13.6. The van der Waals surface area contributed by atoms with Crippen molar-refractivity contribution >= 4 is 29.1 Å². The van der Waals surface area contributed by atoms with E-state index in [0.29, 0.717) is 42.5 Å². The highest BCUT2D eigenvalue weighted by Gasteiger charge is 2.06. The summed E-state index contributed by atoms with van der Waals surface area (Å²) in [7, 11) is 0. The van der Waals surface area contributed by atoms with E-state index in [1.807, 2.05) is 43.3 Å². The molecule has 0 unspecified atom stereocenters. The first-order valence-electron chi connectivity index (χ1n) is 8.01. The van der Waals surface area contributed by atoms with Gasteiger partial charge in [-0.3, -0.25) is 4.79 Å². The van der Waals surface area contributed by atoms with Crippen molar-refractivity contribution in [3.05, 3.63) is 63.6 Å². The molecule has 0 heterocycles. The van der Waals surface area contributed by atoms with E-state index in [-0.39, 0.29) is 5.91 Å². The van der Waals surface area contributed by atoms with Gasteiger partial charge in [-0.05, 0) is 49.1 Å². The van der Waals surface area contributed by atoms with Gasteiger partial charge in [0.15, 0.2) is 0 Å². The fourth-order valence-electron chi connectivity index (χ4n) is 2.34. The van der Waals surface area contributed by atoms with Crippen molar-refractivity contribution in [1.82, 2.24) is 5.32 Å². The second-order valence-corrected chi connectivity index (χ2v) is 6.18. The Hall–Kier alpha value is -1.71. The summed E-state index contributed by atoms with van der Waals surface area (Å²) in [6, 6.07) is 13.4. The summed E-state index contributed by atoms with van der Waals surface area (Å²) in [6.07, 6.45) is 1.82. The molecule has 2 aromatic carbocycles. The molecular weight excluding hydrogens is 345 g/mol. The van der Waals surface area contributed by atoms with E-state index in [9.17, 15) is 4.79 Å². The Bertz CT molecular complexity index is 672. The molecular formula is C19H21Cl2NO2. The third kappa shape index (κ3) is 5.73. The van der Waals surface area contributed by atoms with Crippen molar-refractivity contribution in [3.63, 3.8) is 0 Å². The van der Waals surface area contributed by atoms with Crippen LogP contribution in [-0.4, -0.2) is 19.1 Å². The highest BCUT2D eigenvalue weighted by atomic mass is 35.5. The Morgan fingerprint density at radius 2 is 1.83 bits per heavy atom. The minimum atomic E-state index is 0.0297. The van der Waals surface area contributed by atoms with Crippen molar-refractivity contribution in [3.8, 4) is 5.75 Å². The number of amides is 1. The normalized spacial score (nSPS) is 10.5. The van der Waals surface area contributed by atoms with E-state index in [4.69, 9.17) is 27.9 Å². The molecule has 0 aliphatic carbocycles. The van der Waals surface area contributed by atoms with Crippen molar-refractivity contribution < 1.29 is 9.53 Å². The molecule has 24 heavy (non-hydrogen) atoms. The predicted octanol–water partition coefficient (Wildman–Crippen LogP) is 4.68. The molecule has 0 fully saturated rings. The van der Waals surface area contributed by atoms with E-state index in [1.54, 1.807) is 6.07 Å². The topological polar surface area (TPSA) is 38.3 Å². The number of halogens is 2. The number of carbonyl (C=O) groups is 1.